The third-order valence-electron chi connectivity index (χ3n) is 5.69. The number of rotatable bonds is 11. The van der Waals surface area contributed by atoms with E-state index in [9.17, 15) is 4.79 Å². The summed E-state index contributed by atoms with van der Waals surface area (Å²) in [5, 5.41) is 15.9. The van der Waals surface area contributed by atoms with Crippen molar-refractivity contribution in [3.8, 4) is 5.75 Å². The van der Waals surface area contributed by atoms with E-state index in [0.29, 0.717) is 18.3 Å². The van der Waals surface area contributed by atoms with Crippen molar-refractivity contribution in [2.24, 2.45) is 0 Å². The molecule has 1 aromatic carbocycles. The van der Waals surface area contributed by atoms with E-state index in [1.807, 2.05) is 22.9 Å². The highest BCUT2D eigenvalue weighted by molar-refractivity contribution is 7.99. The van der Waals surface area contributed by atoms with E-state index in [0.717, 1.165) is 42.4 Å². The molecular formula is C21H32N6O2S. The number of nitrogens with one attached hydrogen (secondary N) is 1. The number of likely N-dealkylation sites (N-methyl/N-ethyl adjacent to an activating group) is 1. The number of tetrazole rings is 1. The van der Waals surface area contributed by atoms with E-state index in [4.69, 9.17) is 4.74 Å². The van der Waals surface area contributed by atoms with Crippen LogP contribution in [0.5, 0.6) is 5.75 Å². The van der Waals surface area contributed by atoms with Crippen molar-refractivity contribution in [2.45, 2.75) is 56.8 Å². The predicted octanol–water partition coefficient (Wildman–Crippen LogP) is 3.09. The molecule has 8 nitrogen and oxygen atoms in total. The third-order valence-corrected chi connectivity index (χ3v) is 6.62. The van der Waals surface area contributed by atoms with Crippen LogP contribution in [-0.2, 0) is 4.79 Å². The number of amides is 1. The van der Waals surface area contributed by atoms with Crippen molar-refractivity contribution in [1.29, 1.82) is 0 Å². The lowest BCUT2D eigenvalue weighted by Gasteiger charge is -2.30. The number of thioether (sulfide) groups is 1. The summed E-state index contributed by atoms with van der Waals surface area (Å²) in [6.45, 7) is 6.62. The summed E-state index contributed by atoms with van der Waals surface area (Å²) in [7, 11) is 1.67. The minimum Gasteiger partial charge on any atom is -0.497 e. The van der Waals surface area contributed by atoms with Crippen LogP contribution in [0.2, 0.25) is 0 Å². The van der Waals surface area contributed by atoms with Gasteiger partial charge in [0, 0.05) is 6.54 Å². The van der Waals surface area contributed by atoms with Crippen LogP contribution in [0.4, 0.5) is 0 Å². The van der Waals surface area contributed by atoms with Crippen molar-refractivity contribution in [2.75, 3.05) is 32.5 Å². The topological polar surface area (TPSA) is 85.2 Å². The molecule has 1 amide bonds. The second kappa shape index (κ2) is 11.3. The SMILES string of the molecule is CCN(CC)C(CNC(=O)CSc1nnnn1C1CCCC1)c1cccc(OC)c1. The highest BCUT2D eigenvalue weighted by Gasteiger charge is 2.23. The van der Waals surface area contributed by atoms with Crippen molar-refractivity contribution in [3.63, 3.8) is 0 Å². The average molecular weight is 433 g/mol. The van der Waals surface area contributed by atoms with E-state index in [1.165, 1.54) is 24.6 Å². The molecule has 0 radical (unpaired) electrons. The van der Waals surface area contributed by atoms with Gasteiger partial charge in [-0.15, -0.1) is 5.10 Å². The van der Waals surface area contributed by atoms with Gasteiger partial charge in [0.05, 0.1) is 24.9 Å². The summed E-state index contributed by atoms with van der Waals surface area (Å²) in [6.07, 6.45) is 4.64. The van der Waals surface area contributed by atoms with Crippen LogP contribution in [0.15, 0.2) is 29.4 Å². The van der Waals surface area contributed by atoms with Crippen LogP contribution in [0.25, 0.3) is 0 Å². The van der Waals surface area contributed by atoms with Gasteiger partial charge >= 0.3 is 0 Å². The van der Waals surface area contributed by atoms with Crippen LogP contribution < -0.4 is 10.1 Å². The zero-order chi connectivity index (χ0) is 21.3. The lowest BCUT2D eigenvalue weighted by Crippen LogP contribution is -2.38. The molecule has 1 atom stereocenters. The summed E-state index contributed by atoms with van der Waals surface area (Å²) in [6, 6.07) is 8.51. The quantitative estimate of drug-likeness (QED) is 0.546. The molecule has 1 aliphatic carbocycles. The van der Waals surface area contributed by atoms with Gasteiger partial charge < -0.3 is 10.1 Å². The second-order valence-corrected chi connectivity index (χ2v) is 8.39. The maximum absolute atomic E-state index is 12.6. The third kappa shape index (κ3) is 5.72. The monoisotopic (exact) mass is 432 g/mol. The first-order valence-electron chi connectivity index (χ1n) is 10.7. The first kappa shape index (κ1) is 22.6. The Balaban J connectivity index is 1.58. The zero-order valence-electron chi connectivity index (χ0n) is 18.1. The number of benzene rings is 1. The van der Waals surface area contributed by atoms with E-state index in [2.05, 4.69) is 45.7 Å². The fourth-order valence-electron chi connectivity index (χ4n) is 4.02. The largest absolute Gasteiger partial charge is 0.497 e. The van der Waals surface area contributed by atoms with Crippen LogP contribution >= 0.6 is 11.8 Å². The number of ether oxygens (including phenoxy) is 1. The molecule has 9 heteroatoms. The molecule has 1 N–H and O–H groups in total. The van der Waals surface area contributed by atoms with Crippen LogP contribution in [0.3, 0.4) is 0 Å². The number of hydrogen-bond acceptors (Lipinski definition) is 7. The summed E-state index contributed by atoms with van der Waals surface area (Å²) in [5.41, 5.74) is 1.14. The smallest absolute Gasteiger partial charge is 0.230 e. The molecule has 1 aromatic heterocycles. The van der Waals surface area contributed by atoms with Gasteiger partial charge in [-0.1, -0.05) is 50.6 Å². The van der Waals surface area contributed by atoms with Gasteiger partial charge in [0.25, 0.3) is 0 Å². The Kier molecular flexibility index (Phi) is 8.50. The van der Waals surface area contributed by atoms with Gasteiger partial charge in [-0.2, -0.15) is 0 Å². The predicted molar refractivity (Wildman–Crippen MR) is 118 cm³/mol. The standard InChI is InChI=1S/C21H32N6O2S/c1-4-26(5-2)19(16-9-8-12-18(13-16)29-3)14-22-20(28)15-30-21-23-24-25-27(21)17-10-6-7-11-17/h8-9,12-13,17,19H,4-7,10-11,14-15H2,1-3H3,(H,22,28). The van der Waals surface area contributed by atoms with Gasteiger partial charge in [0.1, 0.15) is 5.75 Å². The van der Waals surface area contributed by atoms with Gasteiger partial charge in [-0.05, 0) is 54.1 Å². The first-order chi connectivity index (χ1) is 14.7. The van der Waals surface area contributed by atoms with Crippen LogP contribution in [0, 0.1) is 0 Å². The normalized spacial score (nSPS) is 15.5. The minimum atomic E-state index is -0.0129. The number of methoxy groups -OCH3 is 1. The fraction of sp³-hybridized carbons (Fsp3) is 0.619. The van der Waals surface area contributed by atoms with E-state index in [1.54, 1.807) is 7.11 Å². The zero-order valence-corrected chi connectivity index (χ0v) is 18.9. The number of aromatic nitrogens is 4. The molecule has 0 aliphatic heterocycles. The van der Waals surface area contributed by atoms with Crippen molar-refractivity contribution >= 4 is 17.7 Å². The van der Waals surface area contributed by atoms with Crippen LogP contribution in [0.1, 0.15) is 57.2 Å². The van der Waals surface area contributed by atoms with Crippen molar-refractivity contribution < 1.29 is 9.53 Å². The van der Waals surface area contributed by atoms with Gasteiger partial charge in [0.15, 0.2) is 0 Å². The Morgan fingerprint density at radius 2 is 2.10 bits per heavy atom. The molecule has 0 spiro atoms. The highest BCUT2D eigenvalue weighted by atomic mass is 32.2. The lowest BCUT2D eigenvalue weighted by molar-refractivity contribution is -0.118. The second-order valence-electron chi connectivity index (χ2n) is 7.45. The van der Waals surface area contributed by atoms with Gasteiger partial charge in [-0.25, -0.2) is 4.68 Å². The molecule has 1 aliphatic rings. The summed E-state index contributed by atoms with van der Waals surface area (Å²) < 4.78 is 7.27. The van der Waals surface area contributed by atoms with Gasteiger partial charge in [-0.3, -0.25) is 9.69 Å². The van der Waals surface area contributed by atoms with Crippen molar-refractivity contribution in [3.05, 3.63) is 29.8 Å². The molecule has 1 heterocycles. The number of hydrogen-bond donors (Lipinski definition) is 1. The molecule has 1 unspecified atom stereocenters. The average Bonchev–Trinajstić information content (AvgIpc) is 3.46. The molecular weight excluding hydrogens is 400 g/mol. The molecule has 1 saturated carbocycles. The fourth-order valence-corrected chi connectivity index (χ4v) is 4.80. The van der Waals surface area contributed by atoms with E-state index in [-0.39, 0.29) is 11.9 Å². The summed E-state index contributed by atoms with van der Waals surface area (Å²) in [5.74, 6) is 1.11. The molecule has 0 bridgehead atoms. The number of carbonyl (C=O) groups is 1. The van der Waals surface area contributed by atoms with Crippen molar-refractivity contribution in [1.82, 2.24) is 30.4 Å². The van der Waals surface area contributed by atoms with Gasteiger partial charge in [0.2, 0.25) is 11.1 Å². The Bertz CT molecular complexity index is 804. The molecule has 0 saturated heterocycles. The Hall–Kier alpha value is -2.13. The molecule has 30 heavy (non-hydrogen) atoms. The van der Waals surface area contributed by atoms with E-state index >= 15 is 0 Å². The maximum Gasteiger partial charge on any atom is 0.230 e. The Morgan fingerprint density at radius 1 is 1.33 bits per heavy atom. The number of carbonyl (C=O) groups excluding carboxylic acids is 1. The summed E-state index contributed by atoms with van der Waals surface area (Å²) >= 11 is 1.40. The van der Waals surface area contributed by atoms with Crippen LogP contribution in [-0.4, -0.2) is 63.5 Å². The highest BCUT2D eigenvalue weighted by Crippen LogP contribution is 2.31. The number of nitrogens with zero attached hydrogens (tertiary/aromatic N) is 5. The minimum absolute atomic E-state index is 0.0129. The molecule has 3 rings (SSSR count). The Labute approximate surface area is 182 Å². The maximum atomic E-state index is 12.6. The molecule has 164 valence electrons. The Morgan fingerprint density at radius 3 is 2.80 bits per heavy atom. The van der Waals surface area contributed by atoms with E-state index < -0.39 is 0 Å². The first-order valence-corrected chi connectivity index (χ1v) is 11.7. The molecule has 1 fully saturated rings. The molecule has 2 aromatic rings. The lowest BCUT2D eigenvalue weighted by atomic mass is 10.0. The summed E-state index contributed by atoms with van der Waals surface area (Å²) in [4.78, 5) is 14.9.